The molecule has 0 aromatic rings. The molecule has 0 aliphatic heterocycles. The van der Waals surface area contributed by atoms with Crippen LogP contribution in [0.1, 0.15) is 53.9 Å². The van der Waals surface area contributed by atoms with Crippen molar-refractivity contribution in [2.24, 2.45) is 16.2 Å². The largest absolute Gasteiger partial charge is 0.396 e. The van der Waals surface area contributed by atoms with Gasteiger partial charge in [0.15, 0.2) is 0 Å². The molecule has 0 saturated heterocycles. The van der Waals surface area contributed by atoms with Gasteiger partial charge in [0.2, 0.25) is 0 Å². The van der Waals surface area contributed by atoms with Gasteiger partial charge in [-0.1, -0.05) is 34.6 Å². The summed E-state index contributed by atoms with van der Waals surface area (Å²) in [6.45, 7) is 10.5. The molecular formula is C14H30O3. The molecule has 3 N–H and O–H groups in total. The highest BCUT2D eigenvalue weighted by atomic mass is 16.3. The Morgan fingerprint density at radius 1 is 0.706 bits per heavy atom. The Labute approximate surface area is 106 Å². The van der Waals surface area contributed by atoms with E-state index in [1.165, 1.54) is 0 Å². The number of hydrogen-bond acceptors (Lipinski definition) is 3. The lowest BCUT2D eigenvalue weighted by Gasteiger charge is -2.41. The second-order valence-electron chi connectivity index (χ2n) is 6.97. The number of rotatable bonds is 8. The van der Waals surface area contributed by atoms with E-state index in [4.69, 9.17) is 0 Å². The van der Waals surface area contributed by atoms with Crippen molar-refractivity contribution >= 4 is 0 Å². The van der Waals surface area contributed by atoms with Gasteiger partial charge in [0.25, 0.3) is 0 Å². The van der Waals surface area contributed by atoms with Gasteiger partial charge >= 0.3 is 0 Å². The van der Waals surface area contributed by atoms with E-state index in [1.807, 2.05) is 27.7 Å². The molecule has 0 aromatic heterocycles. The summed E-state index contributed by atoms with van der Waals surface area (Å²) in [7, 11) is 0. The lowest BCUT2D eigenvalue weighted by molar-refractivity contribution is 0.000801. The van der Waals surface area contributed by atoms with Gasteiger partial charge < -0.3 is 15.3 Å². The molecule has 0 heterocycles. The van der Waals surface area contributed by atoms with Gasteiger partial charge in [0.1, 0.15) is 0 Å². The molecule has 0 aliphatic rings. The third-order valence-electron chi connectivity index (χ3n) is 3.80. The molecule has 0 spiro atoms. The summed E-state index contributed by atoms with van der Waals surface area (Å²) in [6, 6.07) is 0. The van der Waals surface area contributed by atoms with Crippen LogP contribution in [0.3, 0.4) is 0 Å². The zero-order valence-electron chi connectivity index (χ0n) is 12.1. The number of aliphatic hydroxyl groups is 3. The zero-order chi connectivity index (χ0) is 13.7. The van der Waals surface area contributed by atoms with Crippen LogP contribution in [0.2, 0.25) is 0 Å². The highest BCUT2D eigenvalue weighted by Gasteiger charge is 2.37. The first-order valence-electron chi connectivity index (χ1n) is 6.48. The molecule has 0 aromatic carbocycles. The molecular weight excluding hydrogens is 216 g/mol. The monoisotopic (exact) mass is 246 g/mol. The highest BCUT2D eigenvalue weighted by Crippen LogP contribution is 2.43. The Kier molecular flexibility index (Phi) is 6.12. The molecule has 2 atom stereocenters. The second kappa shape index (κ2) is 6.17. The average Bonchev–Trinajstić information content (AvgIpc) is 2.28. The zero-order valence-corrected chi connectivity index (χ0v) is 12.1. The third-order valence-corrected chi connectivity index (χ3v) is 3.80. The molecule has 0 bridgehead atoms. The molecule has 3 heteroatoms. The van der Waals surface area contributed by atoms with Gasteiger partial charge in [-0.3, -0.25) is 0 Å². The van der Waals surface area contributed by atoms with Crippen LogP contribution in [-0.4, -0.2) is 35.1 Å². The maximum absolute atomic E-state index is 9.64. The molecule has 17 heavy (non-hydrogen) atoms. The van der Waals surface area contributed by atoms with Crippen molar-refractivity contribution in [3.8, 4) is 0 Å². The SMILES string of the molecule is CCC(C)(CO)CC(C)(CO)CC(C)(C)CO. The van der Waals surface area contributed by atoms with Crippen molar-refractivity contribution in [1.29, 1.82) is 0 Å². The second-order valence-corrected chi connectivity index (χ2v) is 6.97. The molecule has 104 valence electrons. The quantitative estimate of drug-likeness (QED) is 0.615. The normalized spacial score (nSPS) is 19.8. The summed E-state index contributed by atoms with van der Waals surface area (Å²) in [5.41, 5.74) is -0.593. The predicted octanol–water partition coefficient (Wildman–Crippen LogP) is 2.19. The minimum Gasteiger partial charge on any atom is -0.396 e. The van der Waals surface area contributed by atoms with Crippen LogP contribution in [0.15, 0.2) is 0 Å². The van der Waals surface area contributed by atoms with Crippen molar-refractivity contribution in [3.05, 3.63) is 0 Å². The van der Waals surface area contributed by atoms with Crippen LogP contribution in [-0.2, 0) is 0 Å². The third kappa shape index (κ3) is 5.36. The van der Waals surface area contributed by atoms with E-state index < -0.39 is 0 Å². The highest BCUT2D eigenvalue weighted by molar-refractivity contribution is 4.87. The Hall–Kier alpha value is -0.120. The average molecular weight is 246 g/mol. The van der Waals surface area contributed by atoms with E-state index in [1.54, 1.807) is 0 Å². The summed E-state index contributed by atoms with van der Waals surface area (Å²) in [4.78, 5) is 0. The first-order valence-corrected chi connectivity index (χ1v) is 6.48. The van der Waals surface area contributed by atoms with Crippen LogP contribution in [0, 0.1) is 16.2 Å². The Bertz CT molecular complexity index is 222. The summed E-state index contributed by atoms with van der Waals surface area (Å²) in [5, 5.41) is 28.4. The van der Waals surface area contributed by atoms with Crippen molar-refractivity contribution in [1.82, 2.24) is 0 Å². The fourth-order valence-electron chi connectivity index (χ4n) is 2.71. The topological polar surface area (TPSA) is 60.7 Å². The van der Waals surface area contributed by atoms with Gasteiger partial charge in [-0.2, -0.15) is 0 Å². The molecule has 0 radical (unpaired) electrons. The van der Waals surface area contributed by atoms with Crippen molar-refractivity contribution in [3.63, 3.8) is 0 Å². The smallest absolute Gasteiger partial charge is 0.0485 e. The summed E-state index contributed by atoms with van der Waals surface area (Å²) < 4.78 is 0. The Morgan fingerprint density at radius 3 is 1.47 bits per heavy atom. The van der Waals surface area contributed by atoms with Gasteiger partial charge in [0.05, 0.1) is 0 Å². The van der Waals surface area contributed by atoms with Gasteiger partial charge in [-0.05, 0) is 35.5 Å². The van der Waals surface area contributed by atoms with E-state index in [-0.39, 0.29) is 36.1 Å². The lowest BCUT2D eigenvalue weighted by atomic mass is 9.66. The first-order chi connectivity index (χ1) is 7.66. The number of hydrogen-bond donors (Lipinski definition) is 3. The molecule has 0 saturated carbocycles. The molecule has 0 fully saturated rings. The molecule has 0 rings (SSSR count). The van der Waals surface area contributed by atoms with Crippen molar-refractivity contribution in [2.45, 2.75) is 53.9 Å². The van der Waals surface area contributed by atoms with E-state index in [0.29, 0.717) is 0 Å². The van der Waals surface area contributed by atoms with E-state index in [0.717, 1.165) is 19.3 Å². The summed E-state index contributed by atoms with van der Waals surface area (Å²) >= 11 is 0. The molecule has 3 nitrogen and oxygen atoms in total. The minimum atomic E-state index is -0.250. The van der Waals surface area contributed by atoms with Crippen molar-refractivity contribution < 1.29 is 15.3 Å². The van der Waals surface area contributed by atoms with E-state index in [2.05, 4.69) is 6.92 Å². The summed E-state index contributed by atoms with van der Waals surface area (Å²) in [6.07, 6.45) is 2.41. The molecule has 2 unspecified atom stereocenters. The van der Waals surface area contributed by atoms with E-state index >= 15 is 0 Å². The van der Waals surface area contributed by atoms with E-state index in [9.17, 15) is 15.3 Å². The summed E-state index contributed by atoms with van der Waals surface area (Å²) in [5.74, 6) is 0. The fraction of sp³-hybridized carbons (Fsp3) is 1.00. The fourth-order valence-corrected chi connectivity index (χ4v) is 2.71. The van der Waals surface area contributed by atoms with Crippen LogP contribution in [0.25, 0.3) is 0 Å². The van der Waals surface area contributed by atoms with Gasteiger partial charge in [-0.25, -0.2) is 0 Å². The molecule has 0 aliphatic carbocycles. The molecule has 0 amide bonds. The standard InChI is InChI=1S/C14H30O3/c1-6-13(4,10-16)8-14(5,11-17)7-12(2,3)9-15/h15-17H,6-11H2,1-5H3. The van der Waals surface area contributed by atoms with Crippen LogP contribution < -0.4 is 0 Å². The Morgan fingerprint density at radius 2 is 1.18 bits per heavy atom. The maximum Gasteiger partial charge on any atom is 0.0485 e. The van der Waals surface area contributed by atoms with Gasteiger partial charge in [0, 0.05) is 19.8 Å². The van der Waals surface area contributed by atoms with Crippen LogP contribution >= 0.6 is 0 Å². The predicted molar refractivity (Wildman–Crippen MR) is 70.8 cm³/mol. The van der Waals surface area contributed by atoms with Crippen LogP contribution in [0.5, 0.6) is 0 Å². The van der Waals surface area contributed by atoms with Crippen molar-refractivity contribution in [2.75, 3.05) is 19.8 Å². The minimum absolute atomic E-state index is 0.0893. The first kappa shape index (κ1) is 16.9. The number of aliphatic hydroxyl groups excluding tert-OH is 3. The lowest BCUT2D eigenvalue weighted by Crippen LogP contribution is -2.37. The van der Waals surface area contributed by atoms with Gasteiger partial charge in [-0.15, -0.1) is 0 Å². The maximum atomic E-state index is 9.64. The Balaban J connectivity index is 4.79. The van der Waals surface area contributed by atoms with Crippen LogP contribution in [0.4, 0.5) is 0 Å².